The number of amides is 3. The van der Waals surface area contributed by atoms with E-state index in [4.69, 9.17) is 11.6 Å². The van der Waals surface area contributed by atoms with Gasteiger partial charge in [-0.15, -0.1) is 0 Å². The highest BCUT2D eigenvalue weighted by molar-refractivity contribution is 6.30. The van der Waals surface area contributed by atoms with Crippen molar-refractivity contribution in [2.24, 2.45) is 0 Å². The van der Waals surface area contributed by atoms with Gasteiger partial charge in [0, 0.05) is 17.4 Å². The van der Waals surface area contributed by atoms with Gasteiger partial charge in [-0.2, -0.15) is 0 Å². The number of carbonyl (C=O) groups excluding carboxylic acids is 2. The number of benzene rings is 3. The number of pyridine rings is 1. The Morgan fingerprint density at radius 1 is 0.875 bits per heavy atom. The van der Waals surface area contributed by atoms with Crippen molar-refractivity contribution in [3.63, 3.8) is 0 Å². The molecule has 4 aromatic rings. The van der Waals surface area contributed by atoms with Crippen LogP contribution in [-0.4, -0.2) is 21.8 Å². The molecule has 0 bridgehead atoms. The van der Waals surface area contributed by atoms with Gasteiger partial charge in [0.1, 0.15) is 5.15 Å². The van der Waals surface area contributed by atoms with Crippen LogP contribution in [0.2, 0.25) is 5.15 Å². The van der Waals surface area contributed by atoms with Gasteiger partial charge in [-0.05, 0) is 23.3 Å². The molecular weight excluding hydrogens is 422 g/mol. The first-order valence-corrected chi connectivity index (χ1v) is 10.7. The van der Waals surface area contributed by atoms with E-state index in [1.807, 2.05) is 91.0 Å². The molecule has 1 aliphatic heterocycles. The minimum Gasteiger partial charge on any atom is -0.319 e. The topological polar surface area (TPSA) is 62.3 Å². The molecule has 5 nitrogen and oxygen atoms in total. The van der Waals surface area contributed by atoms with Crippen LogP contribution in [0.1, 0.15) is 16.7 Å². The maximum Gasteiger partial charge on any atom is 0.325 e. The molecule has 0 spiro atoms. The lowest BCUT2D eigenvalue weighted by Gasteiger charge is -2.27. The van der Waals surface area contributed by atoms with Crippen molar-refractivity contribution in [1.82, 2.24) is 15.2 Å². The minimum atomic E-state index is -1.18. The second kappa shape index (κ2) is 8.09. The maximum absolute atomic E-state index is 13.8. The maximum atomic E-state index is 13.8. The van der Waals surface area contributed by atoms with Gasteiger partial charge in [-0.1, -0.05) is 90.5 Å². The summed E-state index contributed by atoms with van der Waals surface area (Å²) in [6, 6.07) is 28.1. The Bertz CT molecular complexity index is 1310. The SMILES string of the molecule is O=C1N[C@@](Cc2ccccc2)(c2ccccc2)C(=O)N1Cc1cc2ccccc2nc1Cl. The van der Waals surface area contributed by atoms with Gasteiger partial charge in [-0.25, -0.2) is 9.78 Å². The number of hydrogen-bond donors (Lipinski definition) is 1. The van der Waals surface area contributed by atoms with Crippen molar-refractivity contribution in [2.45, 2.75) is 18.5 Å². The molecule has 1 aromatic heterocycles. The molecular formula is C26H20ClN3O2. The summed E-state index contributed by atoms with van der Waals surface area (Å²) in [5.74, 6) is -0.304. The van der Waals surface area contributed by atoms with E-state index in [-0.39, 0.29) is 17.6 Å². The van der Waals surface area contributed by atoms with Gasteiger partial charge >= 0.3 is 6.03 Å². The van der Waals surface area contributed by atoms with Gasteiger partial charge in [0.15, 0.2) is 5.54 Å². The molecule has 0 radical (unpaired) electrons. The Kier molecular flexibility index (Phi) is 5.11. The van der Waals surface area contributed by atoms with Crippen molar-refractivity contribution in [1.29, 1.82) is 0 Å². The monoisotopic (exact) mass is 441 g/mol. The van der Waals surface area contributed by atoms with Crippen LogP contribution < -0.4 is 5.32 Å². The molecule has 2 heterocycles. The van der Waals surface area contributed by atoms with Gasteiger partial charge in [0.05, 0.1) is 12.1 Å². The lowest BCUT2D eigenvalue weighted by molar-refractivity contribution is -0.132. The van der Waals surface area contributed by atoms with Crippen LogP contribution in [0.4, 0.5) is 4.79 Å². The number of fused-ring (bicyclic) bond motifs is 1. The molecule has 0 unspecified atom stereocenters. The number of urea groups is 1. The number of imide groups is 1. The smallest absolute Gasteiger partial charge is 0.319 e. The number of aromatic nitrogens is 1. The van der Waals surface area contributed by atoms with Crippen LogP contribution >= 0.6 is 11.6 Å². The molecule has 3 amide bonds. The van der Waals surface area contributed by atoms with Gasteiger partial charge in [-0.3, -0.25) is 9.69 Å². The van der Waals surface area contributed by atoms with Crippen molar-refractivity contribution >= 4 is 34.4 Å². The fourth-order valence-corrected chi connectivity index (χ4v) is 4.43. The first-order chi connectivity index (χ1) is 15.6. The first-order valence-electron chi connectivity index (χ1n) is 10.3. The lowest BCUT2D eigenvalue weighted by atomic mass is 9.83. The fourth-order valence-electron chi connectivity index (χ4n) is 4.23. The van der Waals surface area contributed by atoms with Crippen LogP contribution in [0, 0.1) is 0 Å². The third-order valence-electron chi connectivity index (χ3n) is 5.83. The molecule has 158 valence electrons. The molecule has 0 aliphatic carbocycles. The van der Waals surface area contributed by atoms with E-state index in [1.54, 1.807) is 0 Å². The highest BCUT2D eigenvalue weighted by atomic mass is 35.5. The van der Waals surface area contributed by atoms with E-state index in [1.165, 1.54) is 4.90 Å². The summed E-state index contributed by atoms with van der Waals surface area (Å²) in [5, 5.41) is 4.17. The van der Waals surface area contributed by atoms with Crippen molar-refractivity contribution in [3.05, 3.63) is 113 Å². The summed E-state index contributed by atoms with van der Waals surface area (Å²) in [6.45, 7) is 0.0463. The molecule has 1 N–H and O–H groups in total. The Hall–Kier alpha value is -3.70. The molecule has 1 aliphatic rings. The Balaban J connectivity index is 1.54. The zero-order chi connectivity index (χ0) is 22.1. The zero-order valence-corrected chi connectivity index (χ0v) is 17.9. The van der Waals surface area contributed by atoms with E-state index in [2.05, 4.69) is 10.3 Å². The van der Waals surface area contributed by atoms with Gasteiger partial charge in [0.2, 0.25) is 0 Å². The lowest BCUT2D eigenvalue weighted by Crippen LogP contribution is -2.46. The summed E-state index contributed by atoms with van der Waals surface area (Å²) in [6.07, 6.45) is 0.350. The summed E-state index contributed by atoms with van der Waals surface area (Å²) in [4.78, 5) is 32.5. The highest BCUT2D eigenvalue weighted by Crippen LogP contribution is 2.34. The Morgan fingerprint density at radius 2 is 1.53 bits per heavy atom. The third kappa shape index (κ3) is 3.51. The molecule has 0 saturated carbocycles. The van der Waals surface area contributed by atoms with E-state index in [0.717, 1.165) is 22.0 Å². The van der Waals surface area contributed by atoms with Gasteiger partial charge in [0.25, 0.3) is 5.91 Å². The number of para-hydroxylation sites is 1. The highest BCUT2D eigenvalue weighted by Gasteiger charge is 2.52. The average Bonchev–Trinajstić information content (AvgIpc) is 3.05. The summed E-state index contributed by atoms with van der Waals surface area (Å²) in [7, 11) is 0. The van der Waals surface area contributed by atoms with Crippen molar-refractivity contribution in [3.8, 4) is 0 Å². The van der Waals surface area contributed by atoms with E-state index in [9.17, 15) is 9.59 Å². The number of rotatable bonds is 5. The summed E-state index contributed by atoms with van der Waals surface area (Å²) < 4.78 is 0. The number of halogens is 1. The van der Waals surface area contributed by atoms with E-state index < -0.39 is 11.6 Å². The second-order valence-electron chi connectivity index (χ2n) is 7.89. The number of nitrogens with one attached hydrogen (secondary N) is 1. The molecule has 3 aromatic carbocycles. The molecule has 1 saturated heterocycles. The van der Waals surface area contributed by atoms with E-state index >= 15 is 0 Å². The normalized spacial score (nSPS) is 18.2. The molecule has 6 heteroatoms. The third-order valence-corrected chi connectivity index (χ3v) is 6.16. The van der Waals surface area contributed by atoms with E-state index in [0.29, 0.717) is 12.0 Å². The number of nitrogens with zero attached hydrogens (tertiary/aromatic N) is 2. The van der Waals surface area contributed by atoms with Crippen molar-refractivity contribution < 1.29 is 9.59 Å². The van der Waals surface area contributed by atoms with Crippen LogP contribution in [0.3, 0.4) is 0 Å². The van der Waals surface area contributed by atoms with Crippen molar-refractivity contribution in [2.75, 3.05) is 0 Å². The van der Waals surface area contributed by atoms with Crippen LogP contribution in [0.15, 0.2) is 91.0 Å². The second-order valence-corrected chi connectivity index (χ2v) is 8.24. The molecule has 1 atom stereocenters. The summed E-state index contributed by atoms with van der Waals surface area (Å²) >= 11 is 6.41. The van der Waals surface area contributed by atoms with Crippen LogP contribution in [-0.2, 0) is 23.3 Å². The molecule has 1 fully saturated rings. The number of hydrogen-bond acceptors (Lipinski definition) is 3. The average molecular weight is 442 g/mol. The predicted octanol–water partition coefficient (Wildman–Crippen LogP) is 5.08. The first kappa shape index (κ1) is 20.2. The fraction of sp³-hybridized carbons (Fsp3) is 0.115. The Labute approximate surface area is 190 Å². The van der Waals surface area contributed by atoms with Crippen LogP contribution in [0.5, 0.6) is 0 Å². The zero-order valence-electron chi connectivity index (χ0n) is 17.2. The minimum absolute atomic E-state index is 0.0463. The van der Waals surface area contributed by atoms with Crippen LogP contribution in [0.25, 0.3) is 10.9 Å². The predicted molar refractivity (Wildman–Crippen MR) is 124 cm³/mol. The largest absolute Gasteiger partial charge is 0.325 e. The quantitative estimate of drug-likeness (QED) is 0.347. The Morgan fingerprint density at radius 3 is 2.28 bits per heavy atom. The van der Waals surface area contributed by atoms with Gasteiger partial charge < -0.3 is 5.32 Å². The molecule has 5 rings (SSSR count). The molecule has 32 heavy (non-hydrogen) atoms. The number of carbonyl (C=O) groups is 2. The summed E-state index contributed by atoms with van der Waals surface area (Å²) in [5.41, 5.74) is 1.90. The standard InChI is InChI=1S/C26H20ClN3O2/c27-23-20(15-19-11-7-8-14-22(19)28-23)17-30-24(31)26(29-25(30)32,21-12-5-2-6-13-21)16-18-9-3-1-4-10-18/h1-15H,16-17H2,(H,29,32)/t26-/m0/s1.